The highest BCUT2D eigenvalue weighted by Crippen LogP contribution is 2.28. The first kappa shape index (κ1) is 11.9. The molecular formula is C13H11FN2O2. The number of rotatable bonds is 3. The van der Waals surface area contributed by atoms with Gasteiger partial charge in [0, 0.05) is 5.69 Å². The molecule has 2 aromatic rings. The number of hydrogen-bond donors (Lipinski definition) is 2. The molecule has 0 aliphatic rings. The molecule has 0 spiro atoms. The van der Waals surface area contributed by atoms with Crippen molar-refractivity contribution in [3.63, 3.8) is 0 Å². The van der Waals surface area contributed by atoms with Crippen molar-refractivity contribution in [3.8, 4) is 11.5 Å². The van der Waals surface area contributed by atoms with Crippen LogP contribution in [0.5, 0.6) is 11.5 Å². The minimum Gasteiger partial charge on any atom is -0.453 e. The van der Waals surface area contributed by atoms with E-state index in [4.69, 9.17) is 16.2 Å². The lowest BCUT2D eigenvalue weighted by atomic mass is 10.1. The largest absolute Gasteiger partial charge is 0.453 e. The highest BCUT2D eigenvalue weighted by molar-refractivity contribution is 5.96. The fraction of sp³-hybridized carbons (Fsp3) is 0. The van der Waals surface area contributed by atoms with E-state index < -0.39 is 11.7 Å². The van der Waals surface area contributed by atoms with E-state index in [1.54, 1.807) is 18.2 Å². The van der Waals surface area contributed by atoms with Gasteiger partial charge in [-0.2, -0.15) is 0 Å². The SMILES string of the molecule is NC(=O)c1cc(N)ccc1Oc1ccccc1F. The molecule has 0 saturated carbocycles. The number of amides is 1. The number of hydrogen-bond acceptors (Lipinski definition) is 3. The second kappa shape index (κ2) is 4.75. The van der Waals surface area contributed by atoms with Gasteiger partial charge in [-0.25, -0.2) is 4.39 Å². The van der Waals surface area contributed by atoms with Crippen LogP contribution < -0.4 is 16.2 Å². The lowest BCUT2D eigenvalue weighted by molar-refractivity contribution is 0.0998. The quantitative estimate of drug-likeness (QED) is 0.815. The van der Waals surface area contributed by atoms with Gasteiger partial charge in [0.05, 0.1) is 5.56 Å². The minimum absolute atomic E-state index is 0.0183. The fourth-order valence-electron chi connectivity index (χ4n) is 1.48. The summed E-state index contributed by atoms with van der Waals surface area (Å²) in [7, 11) is 0. The summed E-state index contributed by atoms with van der Waals surface area (Å²) >= 11 is 0. The van der Waals surface area contributed by atoms with Gasteiger partial charge in [-0.1, -0.05) is 12.1 Å². The molecule has 0 unspecified atom stereocenters. The maximum atomic E-state index is 13.4. The van der Waals surface area contributed by atoms with Gasteiger partial charge in [0.15, 0.2) is 11.6 Å². The summed E-state index contributed by atoms with van der Waals surface area (Å²) in [6.45, 7) is 0. The minimum atomic E-state index is -0.686. The highest BCUT2D eigenvalue weighted by atomic mass is 19.1. The Morgan fingerprint density at radius 2 is 1.83 bits per heavy atom. The molecule has 2 rings (SSSR count). The van der Waals surface area contributed by atoms with E-state index in [0.29, 0.717) is 5.69 Å². The summed E-state index contributed by atoms with van der Waals surface area (Å²) in [4.78, 5) is 11.2. The van der Waals surface area contributed by atoms with E-state index in [-0.39, 0.29) is 17.1 Å². The third kappa shape index (κ3) is 2.40. The van der Waals surface area contributed by atoms with Gasteiger partial charge in [-0.15, -0.1) is 0 Å². The molecule has 4 nitrogen and oxygen atoms in total. The van der Waals surface area contributed by atoms with Gasteiger partial charge in [0.1, 0.15) is 5.75 Å². The average molecular weight is 246 g/mol. The van der Waals surface area contributed by atoms with Crippen molar-refractivity contribution in [1.29, 1.82) is 0 Å². The molecule has 4 N–H and O–H groups in total. The molecule has 92 valence electrons. The number of nitrogen functional groups attached to an aromatic ring is 1. The van der Waals surface area contributed by atoms with E-state index >= 15 is 0 Å². The lowest BCUT2D eigenvalue weighted by Crippen LogP contribution is -2.12. The van der Waals surface area contributed by atoms with Crippen molar-refractivity contribution in [2.45, 2.75) is 0 Å². The molecule has 1 amide bonds. The van der Waals surface area contributed by atoms with E-state index in [2.05, 4.69) is 0 Å². The van der Waals surface area contributed by atoms with Crippen LogP contribution in [-0.4, -0.2) is 5.91 Å². The summed E-state index contributed by atoms with van der Waals surface area (Å²) in [6.07, 6.45) is 0. The first-order valence-electron chi connectivity index (χ1n) is 5.19. The molecule has 0 heterocycles. The average Bonchev–Trinajstić information content (AvgIpc) is 2.34. The van der Waals surface area contributed by atoms with Crippen molar-refractivity contribution >= 4 is 11.6 Å². The van der Waals surface area contributed by atoms with E-state index in [0.717, 1.165) is 0 Å². The summed E-state index contributed by atoms with van der Waals surface area (Å²) < 4.78 is 18.7. The Morgan fingerprint density at radius 3 is 2.50 bits per heavy atom. The Hall–Kier alpha value is -2.56. The maximum absolute atomic E-state index is 13.4. The molecule has 0 aliphatic heterocycles. The summed E-state index contributed by atoms with van der Waals surface area (Å²) in [5.41, 5.74) is 11.2. The Kier molecular flexibility index (Phi) is 3.14. The third-order valence-electron chi connectivity index (χ3n) is 2.33. The summed E-state index contributed by atoms with van der Waals surface area (Å²) in [5, 5.41) is 0. The van der Waals surface area contributed by atoms with Crippen LogP contribution in [0.25, 0.3) is 0 Å². The van der Waals surface area contributed by atoms with Crippen LogP contribution in [0.1, 0.15) is 10.4 Å². The maximum Gasteiger partial charge on any atom is 0.252 e. The molecule has 5 heteroatoms. The normalized spacial score (nSPS) is 10.1. The second-order valence-electron chi connectivity index (χ2n) is 3.65. The first-order valence-corrected chi connectivity index (χ1v) is 5.19. The van der Waals surface area contributed by atoms with Gasteiger partial charge >= 0.3 is 0 Å². The van der Waals surface area contributed by atoms with Gasteiger partial charge in [-0.05, 0) is 30.3 Å². The number of primary amides is 1. The molecule has 0 fully saturated rings. The monoisotopic (exact) mass is 246 g/mol. The Bertz CT molecular complexity index is 599. The molecule has 0 aromatic heterocycles. The standard InChI is InChI=1S/C13H11FN2O2/c14-10-3-1-2-4-12(10)18-11-6-5-8(15)7-9(11)13(16)17/h1-7H,15H2,(H2,16,17). The van der Waals surface area contributed by atoms with Crippen LogP contribution in [0.15, 0.2) is 42.5 Å². The zero-order valence-electron chi connectivity index (χ0n) is 9.39. The van der Waals surface area contributed by atoms with Crippen LogP contribution in [0.3, 0.4) is 0 Å². The molecule has 0 radical (unpaired) electrons. The predicted molar refractivity (Wildman–Crippen MR) is 65.8 cm³/mol. The summed E-state index contributed by atoms with van der Waals surface area (Å²) in [6, 6.07) is 10.3. The highest BCUT2D eigenvalue weighted by Gasteiger charge is 2.12. The number of nitrogens with two attached hydrogens (primary N) is 2. The second-order valence-corrected chi connectivity index (χ2v) is 3.65. The van der Waals surface area contributed by atoms with Gasteiger partial charge < -0.3 is 16.2 Å². The van der Waals surface area contributed by atoms with Crippen molar-refractivity contribution in [2.24, 2.45) is 5.73 Å². The van der Waals surface area contributed by atoms with Gasteiger partial charge in [0.25, 0.3) is 5.91 Å². The third-order valence-corrected chi connectivity index (χ3v) is 2.33. The number of carbonyl (C=O) groups excluding carboxylic acids is 1. The van der Waals surface area contributed by atoms with E-state index in [1.165, 1.54) is 24.3 Å². The van der Waals surface area contributed by atoms with Crippen LogP contribution >= 0.6 is 0 Å². The topological polar surface area (TPSA) is 78.3 Å². The Morgan fingerprint density at radius 1 is 1.11 bits per heavy atom. The van der Waals surface area contributed by atoms with Gasteiger partial charge in [-0.3, -0.25) is 4.79 Å². The van der Waals surface area contributed by atoms with Crippen LogP contribution in [0.4, 0.5) is 10.1 Å². The van der Waals surface area contributed by atoms with Crippen LogP contribution in [0, 0.1) is 5.82 Å². The molecule has 0 saturated heterocycles. The number of anilines is 1. The smallest absolute Gasteiger partial charge is 0.252 e. The van der Waals surface area contributed by atoms with Crippen molar-refractivity contribution in [3.05, 3.63) is 53.8 Å². The molecular weight excluding hydrogens is 235 g/mol. The fourth-order valence-corrected chi connectivity index (χ4v) is 1.48. The predicted octanol–water partition coefficient (Wildman–Crippen LogP) is 2.30. The molecule has 0 bridgehead atoms. The van der Waals surface area contributed by atoms with E-state index in [9.17, 15) is 9.18 Å². The van der Waals surface area contributed by atoms with Crippen molar-refractivity contribution in [1.82, 2.24) is 0 Å². The van der Waals surface area contributed by atoms with Crippen LogP contribution in [-0.2, 0) is 0 Å². The number of halogens is 1. The Balaban J connectivity index is 2.41. The lowest BCUT2D eigenvalue weighted by Gasteiger charge is -2.10. The zero-order valence-corrected chi connectivity index (χ0v) is 9.39. The van der Waals surface area contributed by atoms with Crippen molar-refractivity contribution < 1.29 is 13.9 Å². The van der Waals surface area contributed by atoms with Crippen molar-refractivity contribution in [2.75, 3.05) is 5.73 Å². The zero-order chi connectivity index (χ0) is 13.1. The number of para-hydroxylation sites is 1. The van der Waals surface area contributed by atoms with Crippen LogP contribution in [0.2, 0.25) is 0 Å². The molecule has 0 aliphatic carbocycles. The number of benzene rings is 2. The van der Waals surface area contributed by atoms with E-state index in [1.807, 2.05) is 0 Å². The molecule has 0 atom stereocenters. The summed E-state index contributed by atoms with van der Waals surface area (Å²) in [5.74, 6) is -1.02. The number of carbonyl (C=O) groups is 1. The number of ether oxygens (including phenoxy) is 1. The van der Waals surface area contributed by atoms with Gasteiger partial charge in [0.2, 0.25) is 0 Å². The molecule has 2 aromatic carbocycles. The molecule has 18 heavy (non-hydrogen) atoms. The first-order chi connectivity index (χ1) is 8.58. The Labute approximate surface area is 103 Å².